The van der Waals surface area contributed by atoms with Gasteiger partial charge in [0.15, 0.2) is 0 Å². The highest BCUT2D eigenvalue weighted by atomic mass is 32.2. The van der Waals surface area contributed by atoms with Crippen molar-refractivity contribution < 1.29 is 0 Å². The highest BCUT2D eigenvalue weighted by molar-refractivity contribution is 7.99. The fourth-order valence-electron chi connectivity index (χ4n) is 0.864. The fourth-order valence-corrected chi connectivity index (χ4v) is 1.88. The molecule has 1 saturated heterocycles. The zero-order chi connectivity index (χ0) is 4.95. The first-order chi connectivity index (χ1) is 3.50. The molecule has 0 radical (unpaired) electrons. The van der Waals surface area contributed by atoms with E-state index in [-0.39, 0.29) is 0 Å². The molecule has 1 heterocycles. The Hall–Kier alpha value is 0.350. The molecule has 7 heavy (non-hydrogen) atoms. The van der Waals surface area contributed by atoms with E-state index in [0.717, 1.165) is 0 Å². The van der Waals surface area contributed by atoms with Gasteiger partial charge in [0, 0.05) is 0 Å². The third kappa shape index (κ3) is 2.22. The second-order valence-corrected chi connectivity index (χ2v) is 3.25. The number of hydrogen-bond donors (Lipinski definition) is 0. The van der Waals surface area contributed by atoms with Gasteiger partial charge < -0.3 is 0 Å². The molecule has 42 valence electrons. The summed E-state index contributed by atoms with van der Waals surface area (Å²) in [5.74, 6) is 2.83. The van der Waals surface area contributed by atoms with Crippen molar-refractivity contribution in [3.63, 3.8) is 0 Å². The van der Waals surface area contributed by atoms with Crippen LogP contribution in [0.3, 0.4) is 0 Å². The quantitative estimate of drug-likeness (QED) is 0.468. The van der Waals surface area contributed by atoms with Crippen molar-refractivity contribution in [3.8, 4) is 0 Å². The predicted octanol–water partition coefficient (Wildman–Crippen LogP) is 2.29. The van der Waals surface area contributed by atoms with E-state index in [2.05, 4.69) is 11.8 Å². The Morgan fingerprint density at radius 1 is 0.714 bits per heavy atom. The highest BCUT2D eigenvalue weighted by Gasteiger charge is 1.95. The van der Waals surface area contributed by atoms with Crippen LogP contribution in [0.2, 0.25) is 0 Å². The van der Waals surface area contributed by atoms with Crippen LogP contribution in [0, 0.1) is 0 Å². The zero-order valence-electron chi connectivity index (χ0n) is 4.65. The average molecular weight is 116 g/mol. The summed E-state index contributed by atoms with van der Waals surface area (Å²) in [6, 6.07) is 0. The van der Waals surface area contributed by atoms with Crippen LogP contribution < -0.4 is 0 Å². The molecule has 0 aromatic heterocycles. The van der Waals surface area contributed by atoms with Gasteiger partial charge in [0.2, 0.25) is 0 Å². The molecule has 0 amide bonds. The molecule has 0 nitrogen and oxygen atoms in total. The third-order valence-electron chi connectivity index (χ3n) is 1.33. The van der Waals surface area contributed by atoms with E-state index >= 15 is 0 Å². The Kier molecular flexibility index (Phi) is 2.64. The van der Waals surface area contributed by atoms with Crippen molar-refractivity contribution in [1.29, 1.82) is 0 Å². The molecule has 1 heteroatoms. The minimum atomic E-state index is 1.42. The lowest BCUT2D eigenvalue weighted by atomic mass is 10.2. The number of hydrogen-bond acceptors (Lipinski definition) is 1. The molecule has 0 unspecified atom stereocenters. The molecule has 0 aromatic rings. The molecule has 1 aliphatic heterocycles. The minimum absolute atomic E-state index is 1.42. The van der Waals surface area contributed by atoms with Gasteiger partial charge in [-0.25, -0.2) is 0 Å². The lowest BCUT2D eigenvalue weighted by Crippen LogP contribution is -1.71. The molecule has 0 bridgehead atoms. The van der Waals surface area contributed by atoms with E-state index in [0.29, 0.717) is 0 Å². The van der Waals surface area contributed by atoms with Crippen molar-refractivity contribution in [1.82, 2.24) is 0 Å². The molecule has 0 aliphatic carbocycles. The van der Waals surface area contributed by atoms with Crippen LogP contribution >= 0.6 is 11.8 Å². The topological polar surface area (TPSA) is 0 Å². The van der Waals surface area contributed by atoms with Crippen molar-refractivity contribution in [3.05, 3.63) is 0 Å². The van der Waals surface area contributed by atoms with Crippen LogP contribution in [0.1, 0.15) is 25.7 Å². The van der Waals surface area contributed by atoms with Gasteiger partial charge in [-0.05, 0) is 24.3 Å². The molecule has 0 aromatic carbocycles. The van der Waals surface area contributed by atoms with E-state index < -0.39 is 0 Å². The van der Waals surface area contributed by atoms with Gasteiger partial charge in [-0.1, -0.05) is 12.8 Å². The van der Waals surface area contributed by atoms with Crippen LogP contribution in [-0.4, -0.2) is 11.5 Å². The molecule has 1 fully saturated rings. The summed E-state index contributed by atoms with van der Waals surface area (Å²) in [7, 11) is 0. The van der Waals surface area contributed by atoms with Gasteiger partial charge >= 0.3 is 0 Å². The summed E-state index contributed by atoms with van der Waals surface area (Å²) in [6.07, 6.45) is 5.88. The van der Waals surface area contributed by atoms with Crippen LogP contribution in [0.25, 0.3) is 0 Å². The fraction of sp³-hybridized carbons (Fsp3) is 1.00. The van der Waals surface area contributed by atoms with E-state index in [1.807, 2.05) is 0 Å². The SMILES string of the molecule is C1CCCSCC1. The zero-order valence-corrected chi connectivity index (χ0v) is 5.47. The maximum absolute atomic E-state index is 2.12. The molecular formula is C6H12S. The maximum atomic E-state index is 2.12. The summed E-state index contributed by atoms with van der Waals surface area (Å²) in [6.45, 7) is 0. The first-order valence-electron chi connectivity index (χ1n) is 3.08. The molecule has 0 atom stereocenters. The normalized spacial score (nSPS) is 24.0. The van der Waals surface area contributed by atoms with E-state index in [1.54, 1.807) is 0 Å². The molecule has 0 saturated carbocycles. The van der Waals surface area contributed by atoms with Gasteiger partial charge in [0.05, 0.1) is 0 Å². The van der Waals surface area contributed by atoms with Crippen molar-refractivity contribution >= 4 is 11.8 Å². The van der Waals surface area contributed by atoms with E-state index in [1.165, 1.54) is 37.2 Å². The standard InChI is InChI=1S/C6H12S/c1-2-4-6-7-5-3-1/h1-6H2. The summed E-state index contributed by atoms with van der Waals surface area (Å²) in [5.41, 5.74) is 0. The molecular weight excluding hydrogens is 104 g/mol. The largest absolute Gasteiger partial charge is 0.162 e. The Morgan fingerprint density at radius 3 is 1.86 bits per heavy atom. The van der Waals surface area contributed by atoms with Crippen molar-refractivity contribution in [2.45, 2.75) is 25.7 Å². The Morgan fingerprint density at radius 2 is 1.29 bits per heavy atom. The second kappa shape index (κ2) is 3.36. The lowest BCUT2D eigenvalue weighted by Gasteiger charge is -1.86. The maximum Gasteiger partial charge on any atom is -0.00675 e. The Bertz CT molecular complexity index is 23.8. The Balaban J connectivity index is 2.04. The van der Waals surface area contributed by atoms with E-state index in [4.69, 9.17) is 0 Å². The third-order valence-corrected chi connectivity index (χ3v) is 2.48. The summed E-state index contributed by atoms with van der Waals surface area (Å²) < 4.78 is 0. The summed E-state index contributed by atoms with van der Waals surface area (Å²) >= 11 is 2.12. The van der Waals surface area contributed by atoms with E-state index in [9.17, 15) is 0 Å². The minimum Gasteiger partial charge on any atom is -0.162 e. The van der Waals surface area contributed by atoms with Crippen molar-refractivity contribution in [2.24, 2.45) is 0 Å². The summed E-state index contributed by atoms with van der Waals surface area (Å²) in [5, 5.41) is 0. The summed E-state index contributed by atoms with van der Waals surface area (Å²) in [4.78, 5) is 0. The van der Waals surface area contributed by atoms with Crippen LogP contribution in [0.4, 0.5) is 0 Å². The highest BCUT2D eigenvalue weighted by Crippen LogP contribution is 2.15. The molecule has 0 N–H and O–H groups in total. The van der Waals surface area contributed by atoms with Gasteiger partial charge in [-0.2, -0.15) is 11.8 Å². The molecule has 1 aliphatic rings. The molecule has 1 rings (SSSR count). The first kappa shape index (κ1) is 5.49. The van der Waals surface area contributed by atoms with Gasteiger partial charge in [0.25, 0.3) is 0 Å². The number of rotatable bonds is 0. The predicted molar refractivity (Wildman–Crippen MR) is 35.8 cm³/mol. The average Bonchev–Trinajstić information content (AvgIpc) is 1.90. The first-order valence-corrected chi connectivity index (χ1v) is 4.23. The monoisotopic (exact) mass is 116 g/mol. The van der Waals surface area contributed by atoms with Crippen molar-refractivity contribution in [2.75, 3.05) is 11.5 Å². The van der Waals surface area contributed by atoms with Crippen LogP contribution in [0.15, 0.2) is 0 Å². The smallest absolute Gasteiger partial charge is 0.00675 e. The molecule has 0 spiro atoms. The van der Waals surface area contributed by atoms with Crippen LogP contribution in [0.5, 0.6) is 0 Å². The second-order valence-electron chi connectivity index (χ2n) is 2.03. The van der Waals surface area contributed by atoms with Gasteiger partial charge in [0.1, 0.15) is 0 Å². The van der Waals surface area contributed by atoms with Crippen LogP contribution in [-0.2, 0) is 0 Å². The van der Waals surface area contributed by atoms with Gasteiger partial charge in [-0.3, -0.25) is 0 Å². The Labute approximate surface area is 49.7 Å². The number of thioether (sulfide) groups is 1. The van der Waals surface area contributed by atoms with Gasteiger partial charge in [-0.15, -0.1) is 0 Å². The lowest BCUT2D eigenvalue weighted by molar-refractivity contribution is 0.726.